The highest BCUT2D eigenvalue weighted by Gasteiger charge is 2.40. The molecule has 2 atom stereocenters. The number of hydrogen-bond donors (Lipinski definition) is 1. The smallest absolute Gasteiger partial charge is 0.186 e. The topological polar surface area (TPSA) is 76.1 Å². The standard InChI is InChI=1S/C13H19NO5S/c1-3-5-19-14-7-13(20-10(2)17)11(8-16)12(14)9-18-6-4-15/h3,12-13,15H,1,4-7,9H2,2H3/t12-,13-/m1/s1. The van der Waals surface area contributed by atoms with E-state index >= 15 is 0 Å². The number of nitrogens with zero attached hydrogens (tertiary/aromatic N) is 1. The van der Waals surface area contributed by atoms with Crippen LogP contribution in [0.25, 0.3) is 0 Å². The van der Waals surface area contributed by atoms with Gasteiger partial charge in [0.05, 0.1) is 43.3 Å². The molecule has 1 fully saturated rings. The number of rotatable bonds is 8. The summed E-state index contributed by atoms with van der Waals surface area (Å²) in [6.45, 7) is 6.04. The lowest BCUT2D eigenvalue weighted by molar-refractivity contribution is -0.164. The number of ether oxygens (including phenoxy) is 1. The second kappa shape index (κ2) is 9.07. The predicted octanol–water partition coefficient (Wildman–Crippen LogP) is 0.203. The third kappa shape index (κ3) is 4.86. The van der Waals surface area contributed by atoms with Crippen molar-refractivity contribution in [1.29, 1.82) is 0 Å². The molecule has 0 aromatic rings. The number of hydroxylamine groups is 2. The van der Waals surface area contributed by atoms with Crippen LogP contribution in [0, 0.1) is 0 Å². The Kier molecular flexibility index (Phi) is 7.76. The summed E-state index contributed by atoms with van der Waals surface area (Å²) in [5.74, 6) is 1.91. The molecule has 7 heteroatoms. The van der Waals surface area contributed by atoms with Crippen molar-refractivity contribution in [2.45, 2.75) is 18.2 Å². The molecule has 20 heavy (non-hydrogen) atoms. The minimum absolute atomic E-state index is 0.0663. The van der Waals surface area contributed by atoms with Gasteiger partial charge in [0.2, 0.25) is 0 Å². The van der Waals surface area contributed by atoms with Gasteiger partial charge in [-0.2, -0.15) is 5.06 Å². The summed E-state index contributed by atoms with van der Waals surface area (Å²) in [5, 5.41) is 9.99. The maximum absolute atomic E-state index is 11.2. The van der Waals surface area contributed by atoms with E-state index in [1.807, 2.05) is 5.94 Å². The van der Waals surface area contributed by atoms with Crippen LogP contribution >= 0.6 is 11.8 Å². The Hall–Kier alpha value is -0.950. The van der Waals surface area contributed by atoms with E-state index in [2.05, 4.69) is 6.58 Å². The normalized spacial score (nSPS) is 22.8. The highest BCUT2D eigenvalue weighted by atomic mass is 32.2. The summed E-state index contributed by atoms with van der Waals surface area (Å²) in [6, 6.07) is -0.393. The summed E-state index contributed by atoms with van der Waals surface area (Å²) in [6.07, 6.45) is 1.60. The molecular weight excluding hydrogens is 282 g/mol. The Morgan fingerprint density at radius 1 is 1.70 bits per heavy atom. The van der Waals surface area contributed by atoms with Crippen LogP contribution in [0.3, 0.4) is 0 Å². The molecule has 1 rings (SSSR count). The van der Waals surface area contributed by atoms with Crippen molar-refractivity contribution in [1.82, 2.24) is 5.06 Å². The molecule has 1 aliphatic rings. The van der Waals surface area contributed by atoms with Gasteiger partial charge in [-0.25, -0.2) is 4.79 Å². The second-order valence-corrected chi connectivity index (χ2v) is 5.53. The van der Waals surface area contributed by atoms with Crippen LogP contribution in [-0.4, -0.2) is 65.5 Å². The molecule has 1 saturated heterocycles. The van der Waals surface area contributed by atoms with Gasteiger partial charge in [0.25, 0.3) is 0 Å². The van der Waals surface area contributed by atoms with Crippen LogP contribution in [0.2, 0.25) is 0 Å². The molecule has 1 aliphatic heterocycles. The Balaban J connectivity index is 2.77. The van der Waals surface area contributed by atoms with Gasteiger partial charge in [-0.05, 0) is 0 Å². The molecule has 0 spiro atoms. The maximum atomic E-state index is 11.2. The van der Waals surface area contributed by atoms with E-state index in [1.54, 1.807) is 11.1 Å². The number of thioether (sulfide) groups is 1. The van der Waals surface area contributed by atoms with Gasteiger partial charge in [0, 0.05) is 13.5 Å². The number of hydrogen-bond acceptors (Lipinski definition) is 7. The van der Waals surface area contributed by atoms with Crippen LogP contribution in [-0.2, 0) is 19.2 Å². The van der Waals surface area contributed by atoms with Crippen molar-refractivity contribution < 1.29 is 24.3 Å². The first-order valence-corrected chi connectivity index (χ1v) is 7.13. The first kappa shape index (κ1) is 17.1. The fourth-order valence-corrected chi connectivity index (χ4v) is 2.87. The average molecular weight is 301 g/mol. The van der Waals surface area contributed by atoms with Crippen LogP contribution in [0.1, 0.15) is 6.92 Å². The van der Waals surface area contributed by atoms with Crippen LogP contribution < -0.4 is 0 Å². The van der Waals surface area contributed by atoms with Crippen molar-refractivity contribution in [3.63, 3.8) is 0 Å². The zero-order chi connectivity index (χ0) is 15.0. The maximum Gasteiger partial charge on any atom is 0.186 e. The largest absolute Gasteiger partial charge is 0.394 e. The molecule has 0 aliphatic carbocycles. The zero-order valence-electron chi connectivity index (χ0n) is 11.4. The molecular formula is C13H19NO5S. The summed E-state index contributed by atoms with van der Waals surface area (Å²) in [7, 11) is 0. The van der Waals surface area contributed by atoms with Gasteiger partial charge in [0.15, 0.2) is 5.12 Å². The number of aliphatic hydroxyl groups excluding tert-OH is 1. The lowest BCUT2D eigenvalue weighted by Gasteiger charge is -2.22. The molecule has 0 bridgehead atoms. The third-order valence-electron chi connectivity index (χ3n) is 2.69. The SMILES string of the molecule is C=CCON1C[C@@H](SC(C)=O)C(=C=O)[C@H]1COCCO. The Morgan fingerprint density at radius 3 is 3.00 bits per heavy atom. The minimum Gasteiger partial charge on any atom is -0.394 e. The molecule has 0 saturated carbocycles. The number of carbonyl (C=O) groups excluding carboxylic acids is 2. The molecule has 1 heterocycles. The lowest BCUT2D eigenvalue weighted by Crippen LogP contribution is -2.34. The summed E-state index contributed by atoms with van der Waals surface area (Å²) >= 11 is 1.08. The molecule has 0 amide bonds. The van der Waals surface area contributed by atoms with Gasteiger partial charge in [-0.3, -0.25) is 9.63 Å². The Morgan fingerprint density at radius 2 is 2.45 bits per heavy atom. The second-order valence-electron chi connectivity index (χ2n) is 4.15. The molecule has 0 aromatic heterocycles. The minimum atomic E-state index is -0.393. The average Bonchev–Trinajstić information content (AvgIpc) is 2.73. The Labute approximate surface area is 122 Å². The van der Waals surface area contributed by atoms with Gasteiger partial charge in [0.1, 0.15) is 5.94 Å². The van der Waals surface area contributed by atoms with E-state index in [-0.39, 0.29) is 30.2 Å². The van der Waals surface area contributed by atoms with Crippen molar-refractivity contribution in [2.75, 3.05) is 33.0 Å². The van der Waals surface area contributed by atoms with E-state index in [4.69, 9.17) is 14.7 Å². The molecule has 0 unspecified atom stereocenters. The van der Waals surface area contributed by atoms with E-state index in [0.717, 1.165) is 11.8 Å². The molecule has 0 aromatic carbocycles. The van der Waals surface area contributed by atoms with Crippen molar-refractivity contribution in [3.8, 4) is 0 Å². The van der Waals surface area contributed by atoms with Gasteiger partial charge >= 0.3 is 0 Å². The number of aliphatic hydroxyl groups is 1. The van der Waals surface area contributed by atoms with Gasteiger partial charge < -0.3 is 9.84 Å². The summed E-state index contributed by atoms with van der Waals surface area (Å²) in [4.78, 5) is 27.9. The highest BCUT2D eigenvalue weighted by molar-refractivity contribution is 8.14. The van der Waals surface area contributed by atoms with E-state index < -0.39 is 6.04 Å². The van der Waals surface area contributed by atoms with Gasteiger partial charge in [-0.15, -0.1) is 6.58 Å². The predicted molar refractivity (Wildman–Crippen MR) is 75.8 cm³/mol. The van der Waals surface area contributed by atoms with Crippen molar-refractivity contribution in [3.05, 3.63) is 18.2 Å². The summed E-state index contributed by atoms with van der Waals surface area (Å²) in [5.41, 5.74) is 0.451. The van der Waals surface area contributed by atoms with Crippen molar-refractivity contribution in [2.24, 2.45) is 0 Å². The summed E-state index contributed by atoms with van der Waals surface area (Å²) < 4.78 is 5.27. The third-order valence-corrected chi connectivity index (χ3v) is 3.71. The number of carbonyl (C=O) groups is 1. The van der Waals surface area contributed by atoms with Crippen LogP contribution in [0.4, 0.5) is 0 Å². The Bertz CT molecular complexity index is 394. The van der Waals surface area contributed by atoms with Crippen LogP contribution in [0.15, 0.2) is 18.2 Å². The quantitative estimate of drug-likeness (QED) is 0.390. The monoisotopic (exact) mass is 301 g/mol. The van der Waals surface area contributed by atoms with Gasteiger partial charge in [-0.1, -0.05) is 17.8 Å². The first-order chi connectivity index (χ1) is 9.63. The van der Waals surface area contributed by atoms with Crippen molar-refractivity contribution >= 4 is 22.8 Å². The lowest BCUT2D eigenvalue weighted by atomic mass is 10.1. The van der Waals surface area contributed by atoms with E-state index in [1.165, 1.54) is 6.92 Å². The van der Waals surface area contributed by atoms with E-state index in [0.29, 0.717) is 18.7 Å². The highest BCUT2D eigenvalue weighted by Crippen LogP contribution is 2.32. The fraction of sp³-hybridized carbons (Fsp3) is 0.615. The molecule has 1 N–H and O–H groups in total. The molecule has 0 radical (unpaired) electrons. The van der Waals surface area contributed by atoms with Crippen LogP contribution in [0.5, 0.6) is 0 Å². The first-order valence-electron chi connectivity index (χ1n) is 6.25. The molecule has 6 nitrogen and oxygen atoms in total. The zero-order valence-corrected chi connectivity index (χ0v) is 12.2. The van der Waals surface area contributed by atoms with E-state index in [9.17, 15) is 9.59 Å². The molecule has 112 valence electrons. The fourth-order valence-electron chi connectivity index (χ4n) is 1.92.